The molecule has 6 amide bonds. The van der Waals surface area contributed by atoms with Crippen LogP contribution < -0.4 is 60.0 Å². The van der Waals surface area contributed by atoms with E-state index in [1.807, 2.05) is 82.8 Å². The van der Waals surface area contributed by atoms with Gasteiger partial charge in [-0.2, -0.15) is 4.98 Å². The Morgan fingerprint density at radius 2 is 0.708 bits per heavy atom. The van der Waals surface area contributed by atoms with Crippen molar-refractivity contribution in [1.82, 2.24) is 50.6 Å². The summed E-state index contributed by atoms with van der Waals surface area (Å²) in [5.41, 5.74) is 11.6. The molecule has 113 heavy (non-hydrogen) atoms. The number of nitrogens with zero attached hydrogens (tertiary/aromatic N) is 16. The number of benzene rings is 3. The minimum Gasteiger partial charge on any atom is -0.349 e. The lowest BCUT2D eigenvalue weighted by atomic mass is 10.0. The summed E-state index contributed by atoms with van der Waals surface area (Å²) in [5.74, 6) is 5.68. The van der Waals surface area contributed by atoms with Crippen LogP contribution in [-0.4, -0.2) is 226 Å². The van der Waals surface area contributed by atoms with Crippen LogP contribution in [0.4, 0.5) is 69.2 Å². The van der Waals surface area contributed by atoms with Gasteiger partial charge in [-0.1, -0.05) is 52.4 Å². The third-order valence-electron chi connectivity index (χ3n) is 26.8. The number of carbonyl (C=O) groups excluding carboxylic acids is 6. The monoisotopic (exact) mass is 1540 g/mol. The van der Waals surface area contributed by atoms with Gasteiger partial charge < -0.3 is 74.7 Å². The molecule has 25 nitrogen and oxygen atoms in total. The number of aromatic nitrogens is 4. The second-order valence-corrected chi connectivity index (χ2v) is 34.0. The molecular formula is C88H117N19O6. The van der Waals surface area contributed by atoms with Crippen molar-refractivity contribution in [2.45, 2.75) is 223 Å². The number of hydrogen-bond donors (Lipinski definition) is 3. The van der Waals surface area contributed by atoms with Crippen LogP contribution in [0.25, 0.3) is 0 Å². The van der Waals surface area contributed by atoms with Crippen LogP contribution in [0, 0.1) is 0 Å². The molecule has 0 spiro atoms. The summed E-state index contributed by atoms with van der Waals surface area (Å²) in [4.78, 5) is 124. The molecule has 12 aliphatic rings. The average Bonchev–Trinajstić information content (AvgIpc) is 1.73. The standard InChI is InChI=1S/C30H40N6O2.C29H39N7O2.C29H38N6O2/c1-4-24-30(38)34(3)26-11-12-27(32-28(26)36(24)23-7-5-6-8-23)35-18-13-20-19-21(9-10-25(20)35)29(37)31-22-14-16-33(2)17-15-22;1-4-23-28(38)34(3)25-18-30-29(32-26(25)36(23)22-7-5-6-8-22)35-16-11-19-17-20(9-10-24(19)35)27(37)31-21-12-14-33(2)15-13-21;1-19-29(37)33(3)25-10-11-26(31-27(25)35(19)23-6-4-5-7-23)34-17-12-20-18-21(8-9-24(20)34)28(36)30-22-13-15-32(2)16-14-22/h9-12,19,22-24H,4-8,13-18H2,1-3H3,(H,31,37);9-10,17-18,21-23H,4-8,11-16H2,1-3H3,(H,31,37);8-11,18-19,22-23H,4-7,12-17H2,1-3H3,(H,30,36)/t24-;23-;19-/m111/s1. The number of likely N-dealkylation sites (tertiary alicyclic amines) is 3. The normalized spacial score (nSPS) is 22.8. The number of rotatable bonds is 14. The van der Waals surface area contributed by atoms with E-state index < -0.39 is 0 Å². The van der Waals surface area contributed by atoms with Crippen molar-refractivity contribution < 1.29 is 28.8 Å². The number of carbonyl (C=O) groups is 6. The molecule has 3 aromatic heterocycles. The van der Waals surface area contributed by atoms with Gasteiger partial charge in [0.1, 0.15) is 35.4 Å². The van der Waals surface area contributed by atoms with Gasteiger partial charge >= 0.3 is 0 Å². The van der Waals surface area contributed by atoms with Gasteiger partial charge in [-0.25, -0.2) is 15.0 Å². The Labute approximate surface area is 667 Å². The van der Waals surface area contributed by atoms with Crippen LogP contribution in [0.3, 0.4) is 0 Å². The maximum atomic E-state index is 13.2. The van der Waals surface area contributed by atoms with Crippen molar-refractivity contribution in [3.63, 3.8) is 0 Å². The first-order valence-electron chi connectivity index (χ1n) is 42.6. The number of hydrogen-bond acceptors (Lipinski definition) is 19. The molecule has 12 heterocycles. The Morgan fingerprint density at radius 3 is 1.10 bits per heavy atom. The van der Waals surface area contributed by atoms with E-state index in [2.05, 4.69) is 125 Å². The zero-order chi connectivity index (χ0) is 78.5. The van der Waals surface area contributed by atoms with Gasteiger partial charge in [0, 0.05) is 111 Å². The number of nitrogens with one attached hydrogen (secondary N) is 3. The Balaban J connectivity index is 0.000000128. The van der Waals surface area contributed by atoms with Gasteiger partial charge in [-0.15, -0.1) is 0 Å². The van der Waals surface area contributed by atoms with Crippen LogP contribution in [0.15, 0.2) is 85.1 Å². The lowest BCUT2D eigenvalue weighted by Crippen LogP contribution is -2.55. The summed E-state index contributed by atoms with van der Waals surface area (Å²) in [6.07, 6.45) is 25.8. The Hall–Kier alpha value is -9.46. The summed E-state index contributed by atoms with van der Waals surface area (Å²) < 4.78 is 0. The Bertz CT molecular complexity index is 4340. The summed E-state index contributed by atoms with van der Waals surface area (Å²) in [5, 5.41) is 9.71. The van der Waals surface area contributed by atoms with E-state index in [1.54, 1.807) is 14.7 Å². The fourth-order valence-electron chi connectivity index (χ4n) is 20.1. The SMILES string of the molecule is CC[C@@H]1C(=O)N(C)c2ccc(N3CCc4cc(C(=O)NC5CCN(C)CC5)ccc43)nc2N1C1CCCC1.CC[C@@H]1C(=O)N(C)c2cnc(N3CCc4cc(C(=O)NC5CCN(C)CC5)ccc43)nc2N1C1CCCC1.C[C@@H]1C(=O)N(C)c2ccc(N3CCc4cc(C(=O)NC5CCN(C)CC5)ccc43)nc2N1C1CCCC1. The van der Waals surface area contributed by atoms with Crippen molar-refractivity contribution in [1.29, 1.82) is 0 Å². The van der Waals surface area contributed by atoms with Gasteiger partial charge in [0.15, 0.2) is 17.5 Å². The predicted octanol–water partition coefficient (Wildman–Crippen LogP) is 11.3. The van der Waals surface area contributed by atoms with E-state index in [4.69, 9.17) is 19.9 Å². The van der Waals surface area contributed by atoms with Crippen LogP contribution in [-0.2, 0) is 33.6 Å². The van der Waals surface area contributed by atoms with Gasteiger partial charge in [0.25, 0.3) is 17.7 Å². The van der Waals surface area contributed by atoms with Crippen molar-refractivity contribution in [3.05, 3.63) is 118 Å². The van der Waals surface area contributed by atoms with Gasteiger partial charge in [-0.3, -0.25) is 28.8 Å². The first-order chi connectivity index (χ1) is 54.8. The third-order valence-corrected chi connectivity index (χ3v) is 26.8. The van der Waals surface area contributed by atoms with Gasteiger partial charge in [0.2, 0.25) is 23.7 Å². The number of likely N-dealkylation sites (N-methyl/N-ethyl adjacent to an activating group) is 3. The van der Waals surface area contributed by atoms with Crippen LogP contribution in [0.2, 0.25) is 0 Å². The molecule has 3 aliphatic carbocycles. The molecule has 3 aromatic carbocycles. The zero-order valence-electron chi connectivity index (χ0n) is 68.0. The highest BCUT2D eigenvalue weighted by Crippen LogP contribution is 2.47. The zero-order valence-corrected chi connectivity index (χ0v) is 68.0. The lowest BCUT2D eigenvalue weighted by Gasteiger charge is -2.44. The lowest BCUT2D eigenvalue weighted by molar-refractivity contribution is -0.120. The average molecular weight is 1540 g/mol. The fraction of sp³-hybridized carbons (Fsp3) is 0.568. The highest BCUT2D eigenvalue weighted by atomic mass is 16.2. The molecule has 3 saturated heterocycles. The van der Waals surface area contributed by atoms with Crippen molar-refractivity contribution in [3.8, 4) is 0 Å². The highest BCUT2D eigenvalue weighted by Gasteiger charge is 2.45. The number of piperidine rings is 3. The van der Waals surface area contributed by atoms with E-state index in [1.165, 1.54) is 49.7 Å². The fourth-order valence-corrected chi connectivity index (χ4v) is 20.1. The molecule has 6 aromatic rings. The van der Waals surface area contributed by atoms with E-state index in [9.17, 15) is 28.8 Å². The molecule has 3 atom stereocenters. The highest BCUT2D eigenvalue weighted by molar-refractivity contribution is 6.07. The molecule has 18 rings (SSSR count). The molecule has 3 saturated carbocycles. The third kappa shape index (κ3) is 15.5. The Morgan fingerprint density at radius 1 is 0.381 bits per heavy atom. The Kier molecular flexibility index (Phi) is 22.7. The first kappa shape index (κ1) is 77.5. The van der Waals surface area contributed by atoms with Crippen molar-refractivity contribution >= 4 is 105 Å². The molecule has 6 fully saturated rings. The summed E-state index contributed by atoms with van der Waals surface area (Å²) >= 11 is 0. The van der Waals surface area contributed by atoms with Crippen molar-refractivity contribution in [2.24, 2.45) is 0 Å². The largest absolute Gasteiger partial charge is 0.349 e. The minimum atomic E-state index is -0.208. The molecule has 0 bridgehead atoms. The van der Waals surface area contributed by atoms with E-state index in [-0.39, 0.29) is 71.7 Å². The predicted molar refractivity (Wildman–Crippen MR) is 448 cm³/mol. The van der Waals surface area contributed by atoms with Crippen LogP contribution >= 0.6 is 0 Å². The summed E-state index contributed by atoms with van der Waals surface area (Å²) in [6.45, 7) is 14.8. The van der Waals surface area contributed by atoms with E-state index in [0.29, 0.717) is 29.6 Å². The number of fused-ring (bicyclic) bond motifs is 6. The quantitative estimate of drug-likeness (QED) is 0.0920. The van der Waals surface area contributed by atoms with Gasteiger partial charge in [-0.05, 0) is 272 Å². The van der Waals surface area contributed by atoms with Gasteiger partial charge in [0.05, 0.1) is 17.6 Å². The molecule has 9 aliphatic heterocycles. The first-order valence-corrected chi connectivity index (χ1v) is 42.6. The second kappa shape index (κ2) is 33.2. The minimum absolute atomic E-state index is 0.0105. The number of pyridine rings is 2. The maximum absolute atomic E-state index is 13.2. The van der Waals surface area contributed by atoms with E-state index >= 15 is 0 Å². The molecular weight excluding hydrogens is 1420 g/mol. The van der Waals surface area contributed by atoms with Crippen molar-refractivity contribution in [2.75, 3.05) is 145 Å². The number of anilines is 12. The molecule has 0 radical (unpaired) electrons. The molecule has 0 unspecified atom stereocenters. The van der Waals surface area contributed by atoms with E-state index in [0.717, 1.165) is 248 Å². The second-order valence-electron chi connectivity index (χ2n) is 34.0. The smallest absolute Gasteiger partial charge is 0.251 e. The maximum Gasteiger partial charge on any atom is 0.251 e. The van der Waals surface area contributed by atoms with Crippen LogP contribution in [0.5, 0.6) is 0 Å². The number of amides is 6. The molecule has 3 N–H and O–H groups in total. The molecule has 25 heteroatoms. The molecule has 600 valence electrons. The topological polar surface area (TPSA) is 229 Å². The summed E-state index contributed by atoms with van der Waals surface area (Å²) in [6, 6.07) is 27.6. The van der Waals surface area contributed by atoms with Crippen LogP contribution in [0.1, 0.15) is 197 Å². The summed E-state index contributed by atoms with van der Waals surface area (Å²) in [7, 11) is 12.0.